The molecular weight excluding hydrogens is 232 g/mol. The molecule has 0 aliphatic rings. The summed E-state index contributed by atoms with van der Waals surface area (Å²) in [6, 6.07) is 5.94. The van der Waals surface area contributed by atoms with E-state index in [-0.39, 0.29) is 0 Å². The lowest BCUT2D eigenvalue weighted by atomic mass is 10.2. The number of aromatic nitrogens is 1. The van der Waals surface area contributed by atoms with Crippen molar-refractivity contribution < 1.29 is 4.74 Å². The van der Waals surface area contributed by atoms with Crippen molar-refractivity contribution in [3.8, 4) is 5.75 Å². The van der Waals surface area contributed by atoms with Crippen LogP contribution in [0, 0.1) is 13.8 Å². The van der Waals surface area contributed by atoms with Gasteiger partial charge in [-0.3, -0.25) is 4.98 Å². The zero-order valence-electron chi connectivity index (χ0n) is 10.1. The Kier molecular flexibility index (Phi) is 3.76. The van der Waals surface area contributed by atoms with Gasteiger partial charge in [-0.05, 0) is 32.0 Å². The van der Waals surface area contributed by atoms with E-state index in [4.69, 9.17) is 10.5 Å². The molecule has 0 atom stereocenters. The molecule has 3 nitrogen and oxygen atoms in total. The molecule has 2 N–H and O–H groups in total. The minimum Gasteiger partial charge on any atom is -0.487 e. The van der Waals surface area contributed by atoms with Gasteiger partial charge in [-0.1, -0.05) is 0 Å². The fourth-order valence-corrected chi connectivity index (χ4v) is 2.54. The van der Waals surface area contributed by atoms with Crippen LogP contribution in [-0.4, -0.2) is 4.98 Å². The number of pyridine rings is 1. The van der Waals surface area contributed by atoms with Gasteiger partial charge < -0.3 is 10.5 Å². The molecule has 2 aromatic heterocycles. The van der Waals surface area contributed by atoms with Crippen LogP contribution >= 0.6 is 11.3 Å². The first kappa shape index (κ1) is 12.1. The predicted molar refractivity (Wildman–Crippen MR) is 70.3 cm³/mol. The maximum atomic E-state index is 5.76. The largest absolute Gasteiger partial charge is 0.487 e. The fourth-order valence-electron chi connectivity index (χ4n) is 1.61. The topological polar surface area (TPSA) is 48.1 Å². The summed E-state index contributed by atoms with van der Waals surface area (Å²) >= 11 is 1.73. The molecule has 0 saturated carbocycles. The predicted octanol–water partition coefficient (Wildman–Crippen LogP) is 2.80. The molecule has 4 heteroatoms. The van der Waals surface area contributed by atoms with Crippen molar-refractivity contribution in [1.82, 2.24) is 4.98 Å². The van der Waals surface area contributed by atoms with E-state index >= 15 is 0 Å². The summed E-state index contributed by atoms with van der Waals surface area (Å²) in [5.41, 5.74) is 7.75. The number of nitrogens with zero attached hydrogens (tertiary/aromatic N) is 1. The Morgan fingerprint density at radius 3 is 2.88 bits per heavy atom. The fraction of sp³-hybridized carbons (Fsp3) is 0.308. The van der Waals surface area contributed by atoms with Gasteiger partial charge in [0.05, 0.1) is 5.69 Å². The Labute approximate surface area is 105 Å². The standard InChI is InChI=1S/C13H16N2OS/c1-9-13(4-3-5-15-9)16-8-11-6-12(7-14)17-10(11)2/h3-6H,7-8,14H2,1-2H3. The Balaban J connectivity index is 2.07. The van der Waals surface area contributed by atoms with E-state index in [2.05, 4.69) is 18.0 Å². The molecule has 0 bridgehead atoms. The quantitative estimate of drug-likeness (QED) is 0.905. The number of rotatable bonds is 4. The summed E-state index contributed by atoms with van der Waals surface area (Å²) < 4.78 is 5.76. The summed E-state index contributed by atoms with van der Waals surface area (Å²) in [6.07, 6.45) is 1.77. The maximum Gasteiger partial charge on any atom is 0.141 e. The Hall–Kier alpha value is -1.39. The average molecular weight is 248 g/mol. The van der Waals surface area contributed by atoms with Gasteiger partial charge in [-0.25, -0.2) is 0 Å². The monoisotopic (exact) mass is 248 g/mol. The first-order valence-corrected chi connectivity index (χ1v) is 6.35. The highest BCUT2D eigenvalue weighted by Crippen LogP contribution is 2.23. The first-order chi connectivity index (χ1) is 8.20. The summed E-state index contributed by atoms with van der Waals surface area (Å²) in [5, 5.41) is 0. The summed E-state index contributed by atoms with van der Waals surface area (Å²) in [5.74, 6) is 0.840. The van der Waals surface area contributed by atoms with Gasteiger partial charge in [0.2, 0.25) is 0 Å². The number of thiophene rings is 1. The van der Waals surface area contributed by atoms with Crippen LogP contribution in [0.1, 0.15) is 21.0 Å². The minimum atomic E-state index is 0.578. The molecule has 0 amide bonds. The van der Waals surface area contributed by atoms with Crippen LogP contribution in [0.15, 0.2) is 24.4 Å². The van der Waals surface area contributed by atoms with E-state index in [1.54, 1.807) is 17.5 Å². The summed E-state index contributed by atoms with van der Waals surface area (Å²) in [6.45, 7) is 5.21. The smallest absolute Gasteiger partial charge is 0.141 e. The molecule has 2 heterocycles. The van der Waals surface area contributed by atoms with Crippen LogP contribution in [0.2, 0.25) is 0 Å². The second-order valence-corrected chi connectivity index (χ2v) is 5.21. The number of nitrogens with two attached hydrogens (primary N) is 1. The van der Waals surface area contributed by atoms with Crippen molar-refractivity contribution in [3.05, 3.63) is 45.4 Å². The SMILES string of the molecule is Cc1ncccc1OCc1cc(CN)sc1C. The molecule has 0 unspecified atom stereocenters. The van der Waals surface area contributed by atoms with Gasteiger partial charge in [0, 0.05) is 28.1 Å². The van der Waals surface area contributed by atoms with E-state index in [9.17, 15) is 0 Å². The highest BCUT2D eigenvalue weighted by atomic mass is 32.1. The third-order valence-electron chi connectivity index (χ3n) is 2.61. The normalized spacial score (nSPS) is 10.5. The molecule has 0 spiro atoms. The van der Waals surface area contributed by atoms with Crippen molar-refractivity contribution >= 4 is 11.3 Å². The highest BCUT2D eigenvalue weighted by molar-refractivity contribution is 7.12. The van der Waals surface area contributed by atoms with Crippen LogP contribution in [0.5, 0.6) is 5.75 Å². The van der Waals surface area contributed by atoms with E-state index < -0.39 is 0 Å². The van der Waals surface area contributed by atoms with Gasteiger partial charge in [0.25, 0.3) is 0 Å². The molecule has 0 fully saturated rings. The number of aryl methyl sites for hydroxylation is 2. The van der Waals surface area contributed by atoms with E-state index in [1.165, 1.54) is 15.3 Å². The Morgan fingerprint density at radius 1 is 1.41 bits per heavy atom. The van der Waals surface area contributed by atoms with Crippen molar-refractivity contribution in [2.75, 3.05) is 0 Å². The summed E-state index contributed by atoms with van der Waals surface area (Å²) in [7, 11) is 0. The highest BCUT2D eigenvalue weighted by Gasteiger charge is 2.06. The second-order valence-electron chi connectivity index (χ2n) is 3.87. The van der Waals surface area contributed by atoms with Crippen LogP contribution in [0.3, 0.4) is 0 Å². The van der Waals surface area contributed by atoms with E-state index in [0.29, 0.717) is 13.2 Å². The minimum absolute atomic E-state index is 0.578. The van der Waals surface area contributed by atoms with Gasteiger partial charge in [0.15, 0.2) is 0 Å². The van der Waals surface area contributed by atoms with Crippen molar-refractivity contribution in [2.24, 2.45) is 5.73 Å². The molecule has 2 rings (SSSR count). The Bertz CT molecular complexity index is 508. The van der Waals surface area contributed by atoms with E-state index in [1.807, 2.05) is 19.1 Å². The number of ether oxygens (including phenoxy) is 1. The third kappa shape index (κ3) is 2.84. The van der Waals surface area contributed by atoms with Crippen LogP contribution in [0.4, 0.5) is 0 Å². The third-order valence-corrected chi connectivity index (χ3v) is 3.73. The van der Waals surface area contributed by atoms with Crippen LogP contribution < -0.4 is 10.5 Å². The molecule has 0 aliphatic carbocycles. The van der Waals surface area contributed by atoms with Gasteiger partial charge in [-0.2, -0.15) is 0 Å². The zero-order valence-corrected chi connectivity index (χ0v) is 10.9. The lowest BCUT2D eigenvalue weighted by Crippen LogP contribution is -1.98. The van der Waals surface area contributed by atoms with Crippen LogP contribution in [-0.2, 0) is 13.2 Å². The lowest BCUT2D eigenvalue weighted by Gasteiger charge is -2.07. The molecule has 0 saturated heterocycles. The number of hydrogen-bond donors (Lipinski definition) is 1. The van der Waals surface area contributed by atoms with Crippen molar-refractivity contribution in [2.45, 2.75) is 27.0 Å². The molecule has 0 aromatic carbocycles. The molecule has 17 heavy (non-hydrogen) atoms. The van der Waals surface area contributed by atoms with Crippen LogP contribution in [0.25, 0.3) is 0 Å². The molecular formula is C13H16N2OS. The molecule has 0 aliphatic heterocycles. The average Bonchev–Trinajstić information content (AvgIpc) is 2.69. The van der Waals surface area contributed by atoms with Crippen molar-refractivity contribution in [3.63, 3.8) is 0 Å². The molecule has 2 aromatic rings. The lowest BCUT2D eigenvalue weighted by molar-refractivity contribution is 0.302. The first-order valence-electron chi connectivity index (χ1n) is 5.53. The second kappa shape index (κ2) is 5.29. The zero-order chi connectivity index (χ0) is 12.3. The maximum absolute atomic E-state index is 5.76. The van der Waals surface area contributed by atoms with Gasteiger partial charge in [-0.15, -0.1) is 11.3 Å². The van der Waals surface area contributed by atoms with Crippen molar-refractivity contribution in [1.29, 1.82) is 0 Å². The van der Waals surface area contributed by atoms with E-state index in [0.717, 1.165) is 11.4 Å². The molecule has 0 radical (unpaired) electrons. The van der Waals surface area contributed by atoms with Gasteiger partial charge >= 0.3 is 0 Å². The Morgan fingerprint density at radius 2 is 2.24 bits per heavy atom. The van der Waals surface area contributed by atoms with Gasteiger partial charge in [0.1, 0.15) is 12.4 Å². The molecule has 90 valence electrons. The number of hydrogen-bond acceptors (Lipinski definition) is 4. The summed E-state index contributed by atoms with van der Waals surface area (Å²) in [4.78, 5) is 6.66.